The molecule has 208 valence electrons. The Morgan fingerprint density at radius 3 is 1.92 bits per heavy atom. The summed E-state index contributed by atoms with van der Waals surface area (Å²) >= 11 is 0. The van der Waals surface area contributed by atoms with Crippen molar-refractivity contribution in [3.05, 3.63) is 78.7 Å². The van der Waals surface area contributed by atoms with Gasteiger partial charge in [0.25, 0.3) is 0 Å². The molecule has 0 spiro atoms. The molecule has 0 aromatic carbocycles. The molecule has 0 aliphatic carbocycles. The van der Waals surface area contributed by atoms with E-state index in [0.29, 0.717) is 24.2 Å². The second-order valence-corrected chi connectivity index (χ2v) is 9.97. The number of allylic oxidation sites excluding steroid dienone is 1. The number of carbonyl (C=O) groups is 2. The molecular formula is C32H50N4O2+2. The third kappa shape index (κ3) is 16.5. The topological polar surface area (TPSA) is 76.1 Å². The van der Waals surface area contributed by atoms with Crippen LogP contribution in [0.4, 0.5) is 0 Å². The monoisotopic (exact) mass is 522 g/mol. The number of nitrogens with zero attached hydrogens (tertiary/aromatic N) is 1. The number of hydrogen-bond donors (Lipinski definition) is 3. The van der Waals surface area contributed by atoms with Gasteiger partial charge in [-0.25, -0.2) is 9.56 Å². The van der Waals surface area contributed by atoms with Crippen molar-refractivity contribution in [2.24, 2.45) is 0 Å². The van der Waals surface area contributed by atoms with Crippen molar-refractivity contribution in [3.63, 3.8) is 0 Å². The first kappa shape index (κ1) is 32.7. The van der Waals surface area contributed by atoms with Gasteiger partial charge >= 0.3 is 0 Å². The van der Waals surface area contributed by atoms with Crippen LogP contribution < -0.4 is 20.2 Å². The minimum absolute atomic E-state index is 0.0967. The summed E-state index contributed by atoms with van der Waals surface area (Å²) in [5.41, 5.74) is 3.10. The Morgan fingerprint density at radius 1 is 0.842 bits per heavy atom. The number of amides is 2. The molecule has 0 atom stereocenters. The average molecular weight is 523 g/mol. The van der Waals surface area contributed by atoms with Gasteiger partial charge in [-0.3, -0.25) is 9.59 Å². The van der Waals surface area contributed by atoms with E-state index in [9.17, 15) is 9.59 Å². The normalized spacial score (nSPS) is 11.4. The Balaban J connectivity index is 1.98. The highest BCUT2D eigenvalue weighted by Crippen LogP contribution is 2.10. The van der Waals surface area contributed by atoms with E-state index < -0.39 is 0 Å². The van der Waals surface area contributed by atoms with Crippen LogP contribution in [0.2, 0.25) is 0 Å². The van der Waals surface area contributed by atoms with Gasteiger partial charge in [-0.15, -0.1) is 0 Å². The van der Waals surface area contributed by atoms with Gasteiger partial charge in [0.1, 0.15) is 13.1 Å². The van der Waals surface area contributed by atoms with E-state index in [1.54, 1.807) is 19.9 Å². The van der Waals surface area contributed by atoms with Crippen LogP contribution in [0.5, 0.6) is 0 Å². The predicted octanol–water partition coefficient (Wildman–Crippen LogP) is 4.02. The van der Waals surface area contributed by atoms with Crippen molar-refractivity contribution in [1.29, 1.82) is 0 Å². The molecular weight excluding hydrogens is 472 g/mol. The Morgan fingerprint density at radius 2 is 1.37 bits per heavy atom. The van der Waals surface area contributed by atoms with Gasteiger partial charge in [0.05, 0.1) is 0 Å². The van der Waals surface area contributed by atoms with E-state index in [0.717, 1.165) is 24.2 Å². The van der Waals surface area contributed by atoms with Gasteiger partial charge in [0.15, 0.2) is 18.6 Å². The van der Waals surface area contributed by atoms with Crippen LogP contribution in [0.15, 0.2) is 73.1 Å². The van der Waals surface area contributed by atoms with Gasteiger partial charge < -0.3 is 10.6 Å². The van der Waals surface area contributed by atoms with Crippen LogP contribution in [-0.4, -0.2) is 31.1 Å². The number of aromatic nitrogens is 1. The molecule has 2 amide bonds. The van der Waals surface area contributed by atoms with E-state index in [2.05, 4.69) is 64.5 Å². The highest BCUT2D eigenvalue weighted by Gasteiger charge is 2.04. The second-order valence-electron chi connectivity index (χ2n) is 9.97. The zero-order valence-corrected chi connectivity index (χ0v) is 23.8. The number of rotatable bonds is 21. The van der Waals surface area contributed by atoms with Gasteiger partial charge in [-0.05, 0) is 37.8 Å². The second kappa shape index (κ2) is 20.7. The predicted molar refractivity (Wildman–Crippen MR) is 157 cm³/mol. The first-order valence-corrected chi connectivity index (χ1v) is 14.1. The van der Waals surface area contributed by atoms with Crippen molar-refractivity contribution >= 4 is 18.0 Å². The number of aryl methyl sites for hydroxylation is 1. The minimum atomic E-state index is -0.132. The molecule has 6 nitrogen and oxygen atoms in total. The Hall–Kier alpha value is -3.28. The molecule has 1 aromatic rings. The molecule has 1 rings (SSSR count). The Bertz CT molecular complexity index is 945. The highest BCUT2D eigenvalue weighted by molar-refractivity contribution is 5.92. The van der Waals surface area contributed by atoms with E-state index in [1.165, 1.54) is 64.2 Å². The molecule has 0 bridgehead atoms. The summed E-state index contributed by atoms with van der Waals surface area (Å²) < 4.78 is 2.22. The van der Waals surface area contributed by atoms with Gasteiger partial charge in [0, 0.05) is 55.3 Å². The number of carbonyl (C=O) groups excluding carboxylic acids is 2. The third-order valence-corrected chi connectivity index (χ3v) is 6.31. The maximum atomic E-state index is 11.6. The Labute approximate surface area is 230 Å². The van der Waals surface area contributed by atoms with E-state index in [4.69, 9.17) is 0 Å². The van der Waals surface area contributed by atoms with Crippen LogP contribution >= 0.6 is 0 Å². The fourth-order valence-electron chi connectivity index (χ4n) is 3.81. The lowest BCUT2D eigenvalue weighted by atomic mass is 10.1. The van der Waals surface area contributed by atoms with Crippen molar-refractivity contribution in [2.75, 3.05) is 13.1 Å². The van der Waals surface area contributed by atoms with E-state index in [1.807, 2.05) is 12.3 Å². The fourth-order valence-corrected chi connectivity index (χ4v) is 3.81. The smallest absolute Gasteiger partial charge is 0.246 e. The maximum Gasteiger partial charge on any atom is 0.246 e. The number of hydrogen-bond acceptors (Lipinski definition) is 2. The molecule has 0 unspecified atom stereocenters. The molecule has 0 fully saturated rings. The van der Waals surface area contributed by atoms with Gasteiger partial charge in [-0.2, -0.15) is 0 Å². The molecule has 0 aliphatic rings. The lowest BCUT2D eigenvalue weighted by Crippen LogP contribution is -2.68. The number of pyridine rings is 1. The van der Waals surface area contributed by atoms with Crippen LogP contribution in [0.1, 0.15) is 83.6 Å². The molecule has 0 radical (unpaired) electrons. The summed E-state index contributed by atoms with van der Waals surface area (Å²) in [5, 5.41) is 5.67. The van der Waals surface area contributed by atoms with Crippen molar-refractivity contribution in [1.82, 2.24) is 10.6 Å². The van der Waals surface area contributed by atoms with Crippen LogP contribution in [0, 0.1) is 0 Å². The standard InChI is InChI=1S/C32H48N4O2/c1-6-29(25-34-31(37)27(2)3)17-21-33-20-15-13-11-9-7-8-10-12-14-16-22-36-23-18-30(19-24-36)26-35-32(38)28(4)5/h6,17-19,21,23-24H,1-2,4,7-16,20,22,25-26H2,3,5H3,(H-,34,35,37,38)/p+2/b29-17+,33-21?. The van der Waals surface area contributed by atoms with Crippen LogP contribution in [-0.2, 0) is 22.7 Å². The van der Waals surface area contributed by atoms with E-state index in [-0.39, 0.29) is 11.8 Å². The summed E-state index contributed by atoms with van der Waals surface area (Å²) in [4.78, 5) is 26.5. The number of unbranched alkanes of at least 4 members (excludes halogenated alkanes) is 9. The SMILES string of the molecule is C=C/C(=C\C=[NH+]CCCCCCCCCCCC[n+]1ccc(CNC(=O)C(=C)C)cc1)CNC(=O)C(=C)C. The number of nitrogens with one attached hydrogen (secondary N) is 3. The molecule has 38 heavy (non-hydrogen) atoms. The van der Waals surface area contributed by atoms with Crippen LogP contribution in [0.3, 0.4) is 0 Å². The zero-order chi connectivity index (χ0) is 28.0. The summed E-state index contributed by atoms with van der Waals surface area (Å²) in [6.45, 7) is 17.5. The maximum absolute atomic E-state index is 11.6. The summed E-state index contributed by atoms with van der Waals surface area (Å²) in [6, 6.07) is 4.14. The quantitative estimate of drug-likeness (QED) is 0.0750. The summed E-state index contributed by atoms with van der Waals surface area (Å²) in [5.74, 6) is -0.229. The molecule has 1 aromatic heterocycles. The zero-order valence-electron chi connectivity index (χ0n) is 23.8. The largest absolute Gasteiger partial charge is 0.348 e. The molecule has 0 aliphatic heterocycles. The third-order valence-electron chi connectivity index (χ3n) is 6.31. The van der Waals surface area contributed by atoms with Crippen molar-refractivity contribution < 1.29 is 19.1 Å². The molecule has 0 saturated carbocycles. The Kier molecular flexibility index (Phi) is 17.9. The lowest BCUT2D eigenvalue weighted by Gasteiger charge is -2.04. The summed E-state index contributed by atoms with van der Waals surface area (Å²) in [7, 11) is 0. The molecule has 3 N–H and O–H groups in total. The fraction of sp³-hybridized carbons (Fsp3) is 0.500. The summed E-state index contributed by atoms with van der Waals surface area (Å²) in [6.07, 6.45) is 22.7. The average Bonchev–Trinajstić information content (AvgIpc) is 2.91. The molecule has 0 saturated heterocycles. The van der Waals surface area contributed by atoms with Crippen LogP contribution in [0.25, 0.3) is 0 Å². The first-order chi connectivity index (χ1) is 18.3. The van der Waals surface area contributed by atoms with Crippen molar-refractivity contribution in [3.8, 4) is 0 Å². The minimum Gasteiger partial charge on any atom is -0.348 e. The van der Waals surface area contributed by atoms with E-state index >= 15 is 0 Å². The van der Waals surface area contributed by atoms with Gasteiger partial charge in [0.2, 0.25) is 11.8 Å². The lowest BCUT2D eigenvalue weighted by molar-refractivity contribution is -0.697. The highest BCUT2D eigenvalue weighted by atomic mass is 16.2. The molecule has 6 heteroatoms. The van der Waals surface area contributed by atoms with Gasteiger partial charge in [-0.1, -0.05) is 64.3 Å². The van der Waals surface area contributed by atoms with Crippen molar-refractivity contribution in [2.45, 2.75) is 91.1 Å². The molecule has 1 heterocycles. The first-order valence-electron chi connectivity index (χ1n) is 14.1.